The van der Waals surface area contributed by atoms with Gasteiger partial charge in [0.25, 0.3) is 0 Å². The highest BCUT2D eigenvalue weighted by molar-refractivity contribution is 5.93. The summed E-state index contributed by atoms with van der Waals surface area (Å²) in [5.74, 6) is -0.157. The second-order valence-corrected chi connectivity index (χ2v) is 4.87. The van der Waals surface area contributed by atoms with Crippen LogP contribution in [0.2, 0.25) is 0 Å². The molecule has 0 radical (unpaired) electrons. The van der Waals surface area contributed by atoms with Gasteiger partial charge in [-0.05, 0) is 24.8 Å². The summed E-state index contributed by atoms with van der Waals surface area (Å²) in [6, 6.07) is 9.62. The van der Waals surface area contributed by atoms with Gasteiger partial charge in [-0.25, -0.2) is 9.69 Å². The van der Waals surface area contributed by atoms with Crippen LogP contribution in [-0.4, -0.2) is 29.5 Å². The van der Waals surface area contributed by atoms with Crippen LogP contribution in [0.15, 0.2) is 43.0 Å². The molecule has 1 aromatic carbocycles. The van der Waals surface area contributed by atoms with E-state index in [0.29, 0.717) is 19.3 Å². The second kappa shape index (κ2) is 6.89. The number of rotatable bonds is 6. The lowest BCUT2D eigenvalue weighted by atomic mass is 10.1. The molecule has 0 saturated carbocycles. The van der Waals surface area contributed by atoms with Crippen molar-refractivity contribution in [3.63, 3.8) is 0 Å². The van der Waals surface area contributed by atoms with Gasteiger partial charge in [-0.3, -0.25) is 4.79 Å². The van der Waals surface area contributed by atoms with E-state index < -0.39 is 6.09 Å². The van der Waals surface area contributed by atoms with Crippen molar-refractivity contribution in [3.8, 4) is 0 Å². The van der Waals surface area contributed by atoms with E-state index in [1.54, 1.807) is 6.08 Å². The lowest BCUT2D eigenvalue weighted by Gasteiger charge is -2.19. The third-order valence-electron chi connectivity index (χ3n) is 3.34. The number of carbonyl (C=O) groups is 2. The summed E-state index contributed by atoms with van der Waals surface area (Å²) in [7, 11) is 0. The average Bonchev–Trinajstić information content (AvgIpc) is 2.81. The summed E-state index contributed by atoms with van der Waals surface area (Å²) in [4.78, 5) is 25.1. The van der Waals surface area contributed by atoms with Gasteiger partial charge in [-0.15, -0.1) is 6.58 Å². The molecule has 2 amide bonds. The fourth-order valence-corrected chi connectivity index (χ4v) is 2.32. The first-order valence-electron chi connectivity index (χ1n) is 6.86. The van der Waals surface area contributed by atoms with Crippen molar-refractivity contribution in [2.24, 2.45) is 0 Å². The first-order chi connectivity index (χ1) is 9.72. The normalized spacial score (nSPS) is 17.9. The number of nitrogens with zero attached hydrogens (tertiary/aromatic N) is 1. The van der Waals surface area contributed by atoms with E-state index in [4.69, 9.17) is 4.74 Å². The molecule has 0 bridgehead atoms. The molecule has 0 spiro atoms. The second-order valence-electron chi connectivity index (χ2n) is 4.87. The van der Waals surface area contributed by atoms with Crippen molar-refractivity contribution < 1.29 is 14.3 Å². The molecule has 1 aromatic rings. The van der Waals surface area contributed by atoms with Gasteiger partial charge in [0, 0.05) is 6.42 Å². The number of amides is 2. The number of allylic oxidation sites excluding steroid dienone is 1. The molecule has 1 heterocycles. The highest BCUT2D eigenvalue weighted by Gasteiger charge is 2.37. The van der Waals surface area contributed by atoms with Crippen molar-refractivity contribution in [2.45, 2.75) is 31.7 Å². The zero-order valence-corrected chi connectivity index (χ0v) is 11.5. The van der Waals surface area contributed by atoms with Crippen LogP contribution in [0.25, 0.3) is 0 Å². The Hall–Kier alpha value is -2.10. The maximum atomic E-state index is 12.1. The molecule has 4 nitrogen and oxygen atoms in total. The lowest BCUT2D eigenvalue weighted by Crippen LogP contribution is -2.40. The van der Waals surface area contributed by atoms with Gasteiger partial charge < -0.3 is 4.74 Å². The number of imide groups is 1. The minimum atomic E-state index is -0.519. The summed E-state index contributed by atoms with van der Waals surface area (Å²) in [6.07, 6.45) is 3.74. The Kier molecular flexibility index (Phi) is 4.93. The fourth-order valence-electron chi connectivity index (χ4n) is 2.32. The Morgan fingerprint density at radius 2 is 2.15 bits per heavy atom. The molecule has 4 heteroatoms. The Balaban J connectivity index is 1.99. The summed E-state index contributed by atoms with van der Waals surface area (Å²) in [5, 5.41) is 0. The van der Waals surface area contributed by atoms with Crippen LogP contribution < -0.4 is 0 Å². The molecular weight excluding hydrogens is 254 g/mol. The van der Waals surface area contributed by atoms with Gasteiger partial charge in [0.1, 0.15) is 6.61 Å². The number of unbranched alkanes of at least 4 members (excludes halogenated alkanes) is 1. The van der Waals surface area contributed by atoms with Gasteiger partial charge in [0.2, 0.25) is 5.91 Å². The Bertz CT molecular complexity index is 484. The number of carbonyl (C=O) groups excluding carboxylic acids is 2. The molecule has 2 rings (SSSR count). The molecule has 106 valence electrons. The molecule has 20 heavy (non-hydrogen) atoms. The topological polar surface area (TPSA) is 46.6 Å². The number of hydrogen-bond donors (Lipinski definition) is 0. The van der Waals surface area contributed by atoms with Gasteiger partial charge in [-0.2, -0.15) is 0 Å². The molecular formula is C16H19NO3. The molecule has 0 N–H and O–H groups in total. The third kappa shape index (κ3) is 3.47. The summed E-state index contributed by atoms with van der Waals surface area (Å²) < 4.78 is 5.02. The predicted molar refractivity (Wildman–Crippen MR) is 76.2 cm³/mol. The van der Waals surface area contributed by atoms with Crippen LogP contribution in [0.5, 0.6) is 0 Å². The quantitative estimate of drug-likeness (QED) is 0.591. The van der Waals surface area contributed by atoms with Crippen LogP contribution in [-0.2, 0) is 16.0 Å². The molecule has 0 unspecified atom stereocenters. The minimum absolute atomic E-state index is 0.157. The van der Waals surface area contributed by atoms with Crippen molar-refractivity contribution >= 4 is 12.0 Å². The SMILES string of the molecule is C=CCCCC(=O)N1C(=O)OC[C@H]1Cc1ccccc1. The summed E-state index contributed by atoms with van der Waals surface area (Å²) in [5.41, 5.74) is 1.10. The van der Waals surface area contributed by atoms with Gasteiger partial charge in [-0.1, -0.05) is 36.4 Å². The average molecular weight is 273 g/mol. The zero-order chi connectivity index (χ0) is 14.4. The molecule has 0 aliphatic carbocycles. The van der Waals surface area contributed by atoms with Gasteiger partial charge >= 0.3 is 6.09 Å². The first kappa shape index (κ1) is 14.3. The van der Waals surface area contributed by atoms with Crippen molar-refractivity contribution in [3.05, 3.63) is 48.6 Å². The third-order valence-corrected chi connectivity index (χ3v) is 3.34. The van der Waals surface area contributed by atoms with Crippen LogP contribution in [0.3, 0.4) is 0 Å². The summed E-state index contributed by atoms with van der Waals surface area (Å²) >= 11 is 0. The van der Waals surface area contributed by atoms with Crippen LogP contribution >= 0.6 is 0 Å². The van der Waals surface area contributed by atoms with E-state index in [1.807, 2.05) is 30.3 Å². The highest BCUT2D eigenvalue weighted by atomic mass is 16.6. The zero-order valence-electron chi connectivity index (χ0n) is 11.5. The maximum Gasteiger partial charge on any atom is 0.416 e. The van der Waals surface area contributed by atoms with Crippen LogP contribution in [0, 0.1) is 0 Å². The van der Waals surface area contributed by atoms with Crippen molar-refractivity contribution in [1.82, 2.24) is 4.90 Å². The molecule has 1 aliphatic rings. The smallest absolute Gasteiger partial charge is 0.416 e. The molecule has 1 fully saturated rings. The van der Waals surface area contributed by atoms with E-state index >= 15 is 0 Å². The van der Waals surface area contributed by atoms with Crippen LogP contribution in [0.1, 0.15) is 24.8 Å². The standard InChI is InChI=1S/C16H19NO3/c1-2-3-5-10-15(18)17-14(12-20-16(17)19)11-13-8-6-4-7-9-13/h2,4,6-9,14H,1,3,5,10-12H2/t14-/m1/s1. The Morgan fingerprint density at radius 3 is 2.85 bits per heavy atom. The molecule has 1 saturated heterocycles. The number of cyclic esters (lactones) is 1. The summed E-state index contributed by atoms with van der Waals surface area (Å²) in [6.45, 7) is 3.90. The Labute approximate surface area is 119 Å². The van der Waals surface area contributed by atoms with E-state index in [2.05, 4.69) is 6.58 Å². The first-order valence-corrected chi connectivity index (χ1v) is 6.86. The maximum absolute atomic E-state index is 12.1. The van der Waals surface area contributed by atoms with E-state index in [0.717, 1.165) is 12.0 Å². The van der Waals surface area contributed by atoms with Gasteiger partial charge in [0.05, 0.1) is 6.04 Å². The van der Waals surface area contributed by atoms with Gasteiger partial charge in [0.15, 0.2) is 0 Å². The van der Waals surface area contributed by atoms with E-state index in [1.165, 1.54) is 4.90 Å². The fraction of sp³-hybridized carbons (Fsp3) is 0.375. The minimum Gasteiger partial charge on any atom is -0.447 e. The number of benzene rings is 1. The predicted octanol–water partition coefficient (Wildman–Crippen LogP) is 2.93. The van der Waals surface area contributed by atoms with Crippen molar-refractivity contribution in [2.75, 3.05) is 6.61 Å². The largest absolute Gasteiger partial charge is 0.447 e. The highest BCUT2D eigenvalue weighted by Crippen LogP contribution is 2.19. The molecule has 1 aliphatic heterocycles. The monoisotopic (exact) mass is 273 g/mol. The van der Waals surface area contributed by atoms with E-state index in [9.17, 15) is 9.59 Å². The number of hydrogen-bond acceptors (Lipinski definition) is 3. The molecule has 1 atom stereocenters. The van der Waals surface area contributed by atoms with E-state index in [-0.39, 0.29) is 18.6 Å². The van der Waals surface area contributed by atoms with Crippen LogP contribution in [0.4, 0.5) is 4.79 Å². The molecule has 0 aromatic heterocycles. The lowest BCUT2D eigenvalue weighted by molar-refractivity contribution is -0.129. The number of ether oxygens (including phenoxy) is 1. The van der Waals surface area contributed by atoms with Crippen molar-refractivity contribution in [1.29, 1.82) is 0 Å². The Morgan fingerprint density at radius 1 is 1.40 bits per heavy atom.